The van der Waals surface area contributed by atoms with Crippen molar-refractivity contribution in [1.29, 1.82) is 0 Å². The summed E-state index contributed by atoms with van der Waals surface area (Å²) in [6, 6.07) is 0.424. The van der Waals surface area contributed by atoms with Crippen LogP contribution in [-0.2, 0) is 4.74 Å². The van der Waals surface area contributed by atoms with Crippen LogP contribution in [0.3, 0.4) is 0 Å². The Morgan fingerprint density at radius 2 is 2.17 bits per heavy atom. The number of alkyl halides is 2. The van der Waals surface area contributed by atoms with Crippen molar-refractivity contribution in [3.63, 3.8) is 0 Å². The highest BCUT2D eigenvalue weighted by molar-refractivity contribution is 6.22. The van der Waals surface area contributed by atoms with Gasteiger partial charge >= 0.3 is 0 Å². The van der Waals surface area contributed by atoms with E-state index in [0.29, 0.717) is 17.8 Å². The van der Waals surface area contributed by atoms with Gasteiger partial charge in [0.25, 0.3) is 0 Å². The molecule has 1 fully saturated rings. The fourth-order valence-electron chi connectivity index (χ4n) is 1.25. The van der Waals surface area contributed by atoms with Gasteiger partial charge in [-0.2, -0.15) is 0 Å². The van der Waals surface area contributed by atoms with Gasteiger partial charge in [-0.05, 0) is 13.3 Å². The van der Waals surface area contributed by atoms with Crippen LogP contribution in [0, 0.1) is 0 Å². The maximum absolute atomic E-state index is 5.80. The van der Waals surface area contributed by atoms with Crippen LogP contribution < -0.4 is 5.32 Å². The van der Waals surface area contributed by atoms with E-state index in [2.05, 4.69) is 5.32 Å². The van der Waals surface area contributed by atoms with Crippen molar-refractivity contribution in [1.82, 2.24) is 5.32 Å². The van der Waals surface area contributed by atoms with E-state index in [1.165, 1.54) is 0 Å². The number of halogens is 2. The zero-order chi connectivity index (χ0) is 9.03. The topological polar surface area (TPSA) is 21.3 Å². The molecule has 0 radical (unpaired) electrons. The third kappa shape index (κ3) is 2.77. The first-order valence-corrected chi connectivity index (χ1v) is 5.24. The molecule has 0 aromatic carbocycles. The standard InChI is InChI=1S/C8H15Cl2NO/c1-8(5-9,6-10)11-7-2-3-12-4-7/h7,11H,2-6H2,1H3. The summed E-state index contributed by atoms with van der Waals surface area (Å²) in [6.07, 6.45) is 1.06. The quantitative estimate of drug-likeness (QED) is 0.714. The van der Waals surface area contributed by atoms with Crippen LogP contribution in [0.25, 0.3) is 0 Å². The lowest BCUT2D eigenvalue weighted by Gasteiger charge is -2.29. The molecule has 0 saturated carbocycles. The van der Waals surface area contributed by atoms with Crippen LogP contribution >= 0.6 is 23.2 Å². The van der Waals surface area contributed by atoms with E-state index in [1.807, 2.05) is 6.92 Å². The second kappa shape index (κ2) is 4.66. The van der Waals surface area contributed by atoms with Gasteiger partial charge in [0.05, 0.1) is 6.61 Å². The van der Waals surface area contributed by atoms with Gasteiger partial charge in [-0.15, -0.1) is 23.2 Å². The minimum Gasteiger partial charge on any atom is -0.380 e. The molecular formula is C8H15Cl2NO. The van der Waals surface area contributed by atoms with Crippen LogP contribution in [-0.4, -0.2) is 36.6 Å². The second-order valence-electron chi connectivity index (χ2n) is 3.53. The third-order valence-corrected chi connectivity index (χ3v) is 3.25. The number of hydrogen-bond acceptors (Lipinski definition) is 2. The van der Waals surface area contributed by atoms with Crippen LogP contribution in [0.2, 0.25) is 0 Å². The summed E-state index contributed by atoms with van der Waals surface area (Å²) in [6.45, 7) is 3.66. The summed E-state index contributed by atoms with van der Waals surface area (Å²) >= 11 is 11.6. The average molecular weight is 212 g/mol. The van der Waals surface area contributed by atoms with Crippen molar-refractivity contribution < 1.29 is 4.74 Å². The Hall–Kier alpha value is 0.500. The van der Waals surface area contributed by atoms with Crippen molar-refractivity contribution in [2.75, 3.05) is 25.0 Å². The predicted octanol–water partition coefficient (Wildman–Crippen LogP) is 1.60. The van der Waals surface area contributed by atoms with Crippen molar-refractivity contribution in [2.45, 2.75) is 24.9 Å². The Bertz CT molecular complexity index is 133. The van der Waals surface area contributed by atoms with Crippen LogP contribution in [0.1, 0.15) is 13.3 Å². The van der Waals surface area contributed by atoms with Crippen molar-refractivity contribution >= 4 is 23.2 Å². The largest absolute Gasteiger partial charge is 0.380 e. The molecule has 2 nitrogen and oxygen atoms in total. The van der Waals surface area contributed by atoms with Crippen LogP contribution in [0.15, 0.2) is 0 Å². The first-order chi connectivity index (χ1) is 5.70. The molecule has 1 unspecified atom stereocenters. The molecule has 1 heterocycles. The first kappa shape index (κ1) is 10.6. The number of nitrogens with one attached hydrogen (secondary N) is 1. The Morgan fingerprint density at radius 1 is 1.50 bits per heavy atom. The van der Waals surface area contributed by atoms with E-state index in [0.717, 1.165) is 19.6 Å². The molecule has 1 aliphatic rings. The molecule has 12 heavy (non-hydrogen) atoms. The molecule has 0 aromatic rings. The van der Waals surface area contributed by atoms with E-state index in [-0.39, 0.29) is 5.54 Å². The fourth-order valence-corrected chi connectivity index (χ4v) is 1.69. The lowest BCUT2D eigenvalue weighted by atomic mass is 10.1. The minimum atomic E-state index is -0.151. The number of ether oxygens (including phenoxy) is 1. The predicted molar refractivity (Wildman–Crippen MR) is 52.2 cm³/mol. The zero-order valence-electron chi connectivity index (χ0n) is 7.28. The maximum Gasteiger partial charge on any atom is 0.0620 e. The van der Waals surface area contributed by atoms with Crippen molar-refractivity contribution in [3.05, 3.63) is 0 Å². The molecule has 1 rings (SSSR count). The molecule has 1 saturated heterocycles. The van der Waals surface area contributed by atoms with Gasteiger partial charge in [-0.1, -0.05) is 0 Å². The van der Waals surface area contributed by atoms with Crippen molar-refractivity contribution in [3.8, 4) is 0 Å². The molecule has 4 heteroatoms. The number of hydrogen-bond donors (Lipinski definition) is 1. The molecule has 72 valence electrons. The summed E-state index contributed by atoms with van der Waals surface area (Å²) in [5, 5.41) is 3.40. The SMILES string of the molecule is CC(CCl)(CCl)NC1CCOC1. The van der Waals surface area contributed by atoms with Gasteiger partial charge in [0.15, 0.2) is 0 Å². The van der Waals surface area contributed by atoms with Gasteiger partial charge < -0.3 is 10.1 Å². The highest BCUT2D eigenvalue weighted by Crippen LogP contribution is 2.13. The van der Waals surface area contributed by atoms with E-state index < -0.39 is 0 Å². The van der Waals surface area contributed by atoms with Crippen molar-refractivity contribution in [2.24, 2.45) is 0 Å². The summed E-state index contributed by atoms with van der Waals surface area (Å²) in [5.41, 5.74) is -0.151. The Kier molecular flexibility index (Phi) is 4.11. The van der Waals surface area contributed by atoms with E-state index >= 15 is 0 Å². The van der Waals surface area contributed by atoms with E-state index in [9.17, 15) is 0 Å². The lowest BCUT2D eigenvalue weighted by molar-refractivity contribution is 0.185. The van der Waals surface area contributed by atoms with Gasteiger partial charge in [-0.3, -0.25) is 0 Å². The summed E-state index contributed by atoms with van der Waals surface area (Å²) in [7, 11) is 0. The minimum absolute atomic E-state index is 0.151. The fraction of sp³-hybridized carbons (Fsp3) is 1.00. The van der Waals surface area contributed by atoms with Gasteiger partial charge in [0, 0.05) is 29.9 Å². The first-order valence-electron chi connectivity index (χ1n) is 4.17. The molecule has 1 N–H and O–H groups in total. The average Bonchev–Trinajstić information content (AvgIpc) is 2.57. The smallest absolute Gasteiger partial charge is 0.0620 e. The molecular weight excluding hydrogens is 197 g/mol. The molecule has 0 aliphatic carbocycles. The summed E-state index contributed by atoms with van der Waals surface area (Å²) < 4.78 is 5.24. The molecule has 0 amide bonds. The van der Waals surface area contributed by atoms with Gasteiger partial charge in [-0.25, -0.2) is 0 Å². The zero-order valence-corrected chi connectivity index (χ0v) is 8.79. The molecule has 1 atom stereocenters. The molecule has 0 bridgehead atoms. The second-order valence-corrected chi connectivity index (χ2v) is 4.07. The summed E-state index contributed by atoms with van der Waals surface area (Å²) in [4.78, 5) is 0. The molecule has 1 aliphatic heterocycles. The van der Waals surface area contributed by atoms with Crippen LogP contribution in [0.5, 0.6) is 0 Å². The molecule has 0 spiro atoms. The Labute approximate surface area is 83.6 Å². The highest BCUT2D eigenvalue weighted by atomic mass is 35.5. The van der Waals surface area contributed by atoms with Crippen LogP contribution in [0.4, 0.5) is 0 Å². The Balaban J connectivity index is 2.35. The highest BCUT2D eigenvalue weighted by Gasteiger charge is 2.27. The van der Waals surface area contributed by atoms with E-state index in [4.69, 9.17) is 27.9 Å². The van der Waals surface area contributed by atoms with Gasteiger partial charge in [0.2, 0.25) is 0 Å². The maximum atomic E-state index is 5.80. The van der Waals surface area contributed by atoms with Gasteiger partial charge in [0.1, 0.15) is 0 Å². The Morgan fingerprint density at radius 3 is 2.58 bits per heavy atom. The summed E-state index contributed by atoms with van der Waals surface area (Å²) in [5.74, 6) is 1.07. The lowest BCUT2D eigenvalue weighted by Crippen LogP contribution is -2.51. The molecule has 0 aromatic heterocycles. The normalized spacial score (nSPS) is 24.8. The van der Waals surface area contributed by atoms with E-state index in [1.54, 1.807) is 0 Å². The number of rotatable bonds is 4. The monoisotopic (exact) mass is 211 g/mol. The third-order valence-electron chi connectivity index (χ3n) is 2.07.